The van der Waals surface area contributed by atoms with Gasteiger partial charge in [0.25, 0.3) is 0 Å². The van der Waals surface area contributed by atoms with Crippen LogP contribution in [-0.4, -0.2) is 32.8 Å². The van der Waals surface area contributed by atoms with E-state index in [0.29, 0.717) is 17.6 Å². The molecule has 0 heterocycles. The Kier molecular flexibility index (Phi) is 8.76. The number of halogens is 3. The van der Waals surface area contributed by atoms with Gasteiger partial charge in [-0.3, -0.25) is 0 Å². The summed E-state index contributed by atoms with van der Waals surface area (Å²) in [6.07, 6.45) is 0. The number of nitrogens with zero attached hydrogens (tertiary/aromatic N) is 2. The first-order valence-electron chi connectivity index (χ1n) is 5.02. The van der Waals surface area contributed by atoms with Crippen molar-refractivity contribution in [3.8, 4) is 0 Å². The van der Waals surface area contributed by atoms with Crippen molar-refractivity contribution >= 4 is 49.6 Å². The van der Waals surface area contributed by atoms with E-state index in [4.69, 9.17) is 0 Å². The van der Waals surface area contributed by atoms with Gasteiger partial charge in [-0.25, -0.2) is 4.39 Å². The first-order valence-corrected chi connectivity index (χ1v) is 8.50. The monoisotopic (exact) mass is 348 g/mol. The fourth-order valence-electron chi connectivity index (χ4n) is 1.13. The van der Waals surface area contributed by atoms with Gasteiger partial charge in [-0.05, 0) is 19.1 Å². The van der Waals surface area contributed by atoms with Gasteiger partial charge >= 0.3 is 10.2 Å². The quantitative estimate of drug-likeness (QED) is 0.763. The molecule has 0 N–H and O–H groups in total. The molecule has 9 heteroatoms. The summed E-state index contributed by atoms with van der Waals surface area (Å²) in [6, 6.07) is 6.07. The average Bonchev–Trinajstić information content (AvgIpc) is 2.39. The Bertz CT molecular complexity index is 469. The molecule has 0 atom stereocenters. The summed E-state index contributed by atoms with van der Waals surface area (Å²) < 4.78 is 38.4. The van der Waals surface area contributed by atoms with E-state index in [1.807, 2.05) is 6.92 Å². The van der Waals surface area contributed by atoms with Crippen LogP contribution in [0.2, 0.25) is 0 Å². The highest BCUT2D eigenvalue weighted by Gasteiger charge is 2.25. The molecule has 0 saturated heterocycles. The second-order valence-corrected chi connectivity index (χ2v) is 6.65. The Morgan fingerprint density at radius 2 is 1.68 bits per heavy atom. The van der Waals surface area contributed by atoms with E-state index < -0.39 is 16.2 Å². The second-order valence-electron chi connectivity index (χ2n) is 3.59. The summed E-state index contributed by atoms with van der Waals surface area (Å²) in [6.45, 7) is 1.90. The van der Waals surface area contributed by atoms with Crippen LogP contribution in [-0.2, 0) is 10.2 Å². The lowest BCUT2D eigenvalue weighted by Crippen LogP contribution is -2.35. The molecule has 4 nitrogen and oxygen atoms in total. The van der Waals surface area contributed by atoms with E-state index in [-0.39, 0.29) is 0 Å². The molecule has 1 aromatic rings. The summed E-state index contributed by atoms with van der Waals surface area (Å²) in [4.78, 5) is 0. The third kappa shape index (κ3) is 5.35. The molecule has 0 spiro atoms. The molecule has 0 aliphatic rings. The molecule has 0 amide bonds. The molecule has 0 unspecified atom stereocenters. The van der Waals surface area contributed by atoms with Gasteiger partial charge in [0, 0.05) is 47.8 Å². The van der Waals surface area contributed by atoms with Gasteiger partial charge < -0.3 is 0 Å². The summed E-state index contributed by atoms with van der Waals surface area (Å²) in [5.74, 6) is 0. The molecule has 19 heavy (non-hydrogen) atoms. The number of rotatable bonds is 5. The predicted molar refractivity (Wildman–Crippen MR) is 81.5 cm³/mol. The maximum Gasteiger partial charge on any atom is 0.313 e. The standard InChI is InChI=1S/C10H15FN2O2S2.Cl2/c1-9-4-6-10(7-5-9)13(16-8-11)17(14,15)12(2)3;1-2/h4-7H,8H2,1-3H3;. The van der Waals surface area contributed by atoms with E-state index in [9.17, 15) is 12.8 Å². The van der Waals surface area contributed by atoms with Crippen molar-refractivity contribution in [1.82, 2.24) is 4.31 Å². The second kappa shape index (κ2) is 8.86. The minimum absolute atomic E-state index is 0.437. The SMILES string of the molecule is Cc1ccc(N(SCF)S(=O)(=O)N(C)C)cc1.ClCl. The van der Waals surface area contributed by atoms with Gasteiger partial charge in [0.1, 0.15) is 0 Å². The van der Waals surface area contributed by atoms with Crippen molar-refractivity contribution in [1.29, 1.82) is 0 Å². The number of alkyl halides is 1. The van der Waals surface area contributed by atoms with Crippen molar-refractivity contribution in [3.05, 3.63) is 29.8 Å². The van der Waals surface area contributed by atoms with Gasteiger partial charge in [-0.1, -0.05) is 17.7 Å². The topological polar surface area (TPSA) is 40.6 Å². The smallest absolute Gasteiger partial charge is 0.237 e. The summed E-state index contributed by atoms with van der Waals surface area (Å²) in [5.41, 5.74) is 1.45. The Hall–Kier alpha value is -0.210. The minimum atomic E-state index is -3.68. The van der Waals surface area contributed by atoms with Crippen LogP contribution in [0.15, 0.2) is 24.3 Å². The molecule has 1 rings (SSSR count). The van der Waals surface area contributed by atoms with Crippen molar-refractivity contribution in [2.75, 3.05) is 23.8 Å². The minimum Gasteiger partial charge on any atom is -0.237 e. The normalized spacial score (nSPS) is 10.9. The van der Waals surface area contributed by atoms with E-state index in [0.717, 1.165) is 13.6 Å². The molecule has 0 radical (unpaired) electrons. The van der Waals surface area contributed by atoms with Crippen LogP contribution < -0.4 is 3.71 Å². The van der Waals surface area contributed by atoms with E-state index in [1.54, 1.807) is 24.3 Å². The van der Waals surface area contributed by atoms with Crippen LogP contribution in [0.5, 0.6) is 0 Å². The lowest BCUT2D eigenvalue weighted by Gasteiger charge is -2.24. The summed E-state index contributed by atoms with van der Waals surface area (Å²) in [7, 11) is 7.37. The predicted octanol–water partition coefficient (Wildman–Crippen LogP) is 3.56. The molecule has 0 aromatic heterocycles. The zero-order chi connectivity index (χ0) is 15.1. The molecular formula is C10H15Cl2FN2O2S2. The van der Waals surface area contributed by atoms with Crippen LogP contribution in [0.3, 0.4) is 0 Å². The Morgan fingerprint density at radius 3 is 2.05 bits per heavy atom. The molecule has 1 aromatic carbocycles. The van der Waals surface area contributed by atoms with Crippen molar-refractivity contribution in [3.63, 3.8) is 0 Å². The first-order chi connectivity index (χ1) is 8.89. The lowest BCUT2D eigenvalue weighted by atomic mass is 10.2. The lowest BCUT2D eigenvalue weighted by molar-refractivity contribution is 0.523. The maximum absolute atomic E-state index is 12.4. The highest BCUT2D eigenvalue weighted by molar-refractivity contribution is 8.13. The fraction of sp³-hybridized carbons (Fsp3) is 0.400. The average molecular weight is 349 g/mol. The summed E-state index contributed by atoms with van der Waals surface area (Å²) >= 11 is 0.608. The van der Waals surface area contributed by atoms with E-state index in [1.165, 1.54) is 14.1 Å². The number of benzene rings is 1. The number of hydrogen-bond donors (Lipinski definition) is 0. The van der Waals surface area contributed by atoms with Crippen LogP contribution >= 0.6 is 33.7 Å². The number of hydrogen-bond acceptors (Lipinski definition) is 3. The van der Waals surface area contributed by atoms with Gasteiger partial charge in [-0.2, -0.15) is 16.4 Å². The van der Waals surface area contributed by atoms with Gasteiger partial charge in [0.15, 0.2) is 6.01 Å². The van der Waals surface area contributed by atoms with Gasteiger partial charge in [0.05, 0.1) is 5.69 Å². The zero-order valence-electron chi connectivity index (χ0n) is 10.7. The third-order valence-corrected chi connectivity index (χ3v) is 5.06. The molecule has 0 saturated carbocycles. The Balaban J connectivity index is 0.00000154. The first kappa shape index (κ1) is 18.8. The van der Waals surface area contributed by atoms with Crippen molar-refractivity contribution < 1.29 is 12.8 Å². The molecular weight excluding hydrogens is 334 g/mol. The van der Waals surface area contributed by atoms with Gasteiger partial charge in [-0.15, -0.1) is 0 Å². The van der Waals surface area contributed by atoms with Crippen LogP contribution in [0.4, 0.5) is 10.1 Å². The van der Waals surface area contributed by atoms with E-state index in [2.05, 4.69) is 21.7 Å². The molecule has 0 fully saturated rings. The van der Waals surface area contributed by atoms with Crippen LogP contribution in [0.25, 0.3) is 0 Å². The number of anilines is 1. The Labute approximate surface area is 127 Å². The third-order valence-electron chi connectivity index (χ3n) is 2.08. The molecule has 110 valence electrons. The van der Waals surface area contributed by atoms with Crippen molar-refractivity contribution in [2.45, 2.75) is 6.92 Å². The van der Waals surface area contributed by atoms with Crippen molar-refractivity contribution in [2.24, 2.45) is 0 Å². The van der Waals surface area contributed by atoms with Gasteiger partial charge in [0.2, 0.25) is 0 Å². The highest BCUT2D eigenvalue weighted by Crippen LogP contribution is 2.27. The largest absolute Gasteiger partial charge is 0.313 e. The highest BCUT2D eigenvalue weighted by atomic mass is 36.5. The summed E-state index contributed by atoms with van der Waals surface area (Å²) in [5, 5.41) is 0. The Morgan fingerprint density at radius 1 is 1.21 bits per heavy atom. The molecule has 0 bridgehead atoms. The van der Waals surface area contributed by atoms with Crippen LogP contribution in [0.1, 0.15) is 5.56 Å². The maximum atomic E-state index is 12.4. The number of aryl methyl sites for hydroxylation is 1. The van der Waals surface area contributed by atoms with Crippen LogP contribution in [0, 0.1) is 6.92 Å². The fourth-order valence-corrected chi connectivity index (χ4v) is 3.23. The molecule has 0 aliphatic heterocycles. The molecule has 0 aliphatic carbocycles. The van der Waals surface area contributed by atoms with E-state index >= 15 is 0 Å². The zero-order valence-corrected chi connectivity index (χ0v) is 13.8.